The van der Waals surface area contributed by atoms with Crippen LogP contribution in [0.1, 0.15) is 6.92 Å². The standard InChI is InChI=1S/C7H15BrN2/c1-7-5-10(6-8)4-3-9(7)2/h7H,3-6H2,1-2H3/t7-/m1/s1. The minimum absolute atomic E-state index is 0.714. The summed E-state index contributed by atoms with van der Waals surface area (Å²) >= 11 is 3.47. The third kappa shape index (κ3) is 1.94. The molecule has 10 heavy (non-hydrogen) atoms. The van der Waals surface area contributed by atoms with Gasteiger partial charge in [-0.15, -0.1) is 0 Å². The summed E-state index contributed by atoms with van der Waals surface area (Å²) in [6.07, 6.45) is 0. The molecule has 0 amide bonds. The Kier molecular flexibility index (Phi) is 3.14. The highest BCUT2D eigenvalue weighted by Gasteiger charge is 2.18. The average Bonchev–Trinajstić information content (AvgIpc) is 1.95. The molecule has 1 fully saturated rings. The SMILES string of the molecule is C[C@@H]1CN(CBr)CCN1C. The van der Waals surface area contributed by atoms with Crippen LogP contribution in [-0.4, -0.2) is 48.0 Å². The van der Waals surface area contributed by atoms with Crippen molar-refractivity contribution in [1.82, 2.24) is 9.80 Å². The van der Waals surface area contributed by atoms with Crippen molar-refractivity contribution in [2.45, 2.75) is 13.0 Å². The van der Waals surface area contributed by atoms with Crippen LogP contribution in [0.15, 0.2) is 0 Å². The molecule has 60 valence electrons. The lowest BCUT2D eigenvalue weighted by Gasteiger charge is -2.36. The first kappa shape index (κ1) is 8.50. The Labute approximate surface area is 71.3 Å². The predicted octanol–water partition coefficient (Wildman–Crippen LogP) is 0.975. The molecule has 0 radical (unpaired) electrons. The Bertz CT molecular complexity index is 108. The van der Waals surface area contributed by atoms with Gasteiger partial charge in [-0.2, -0.15) is 0 Å². The zero-order valence-corrected chi connectivity index (χ0v) is 8.26. The molecule has 1 aliphatic heterocycles. The van der Waals surface area contributed by atoms with Gasteiger partial charge in [0.1, 0.15) is 0 Å². The molecule has 1 atom stereocenters. The fraction of sp³-hybridized carbons (Fsp3) is 1.00. The Morgan fingerprint density at radius 3 is 2.70 bits per heavy atom. The van der Waals surface area contributed by atoms with E-state index in [2.05, 4.69) is 39.7 Å². The number of likely N-dealkylation sites (N-methyl/N-ethyl adjacent to an activating group) is 1. The van der Waals surface area contributed by atoms with Crippen LogP contribution in [0.2, 0.25) is 0 Å². The monoisotopic (exact) mass is 206 g/mol. The smallest absolute Gasteiger partial charge is 0.0543 e. The highest BCUT2D eigenvalue weighted by atomic mass is 79.9. The molecule has 0 N–H and O–H groups in total. The van der Waals surface area contributed by atoms with Crippen molar-refractivity contribution in [3.8, 4) is 0 Å². The first-order valence-corrected chi connectivity index (χ1v) is 4.84. The topological polar surface area (TPSA) is 6.48 Å². The Morgan fingerprint density at radius 1 is 1.50 bits per heavy atom. The summed E-state index contributed by atoms with van der Waals surface area (Å²) in [5.41, 5.74) is 1.02. The Morgan fingerprint density at radius 2 is 2.20 bits per heavy atom. The van der Waals surface area contributed by atoms with E-state index in [0.717, 1.165) is 5.45 Å². The van der Waals surface area contributed by atoms with E-state index in [9.17, 15) is 0 Å². The van der Waals surface area contributed by atoms with E-state index in [1.54, 1.807) is 0 Å². The van der Waals surface area contributed by atoms with E-state index >= 15 is 0 Å². The highest BCUT2D eigenvalue weighted by Crippen LogP contribution is 2.07. The maximum Gasteiger partial charge on any atom is 0.0543 e. The highest BCUT2D eigenvalue weighted by molar-refractivity contribution is 9.09. The molecule has 0 aromatic carbocycles. The molecule has 1 saturated heterocycles. The normalized spacial score (nSPS) is 30.9. The molecule has 1 rings (SSSR count). The van der Waals surface area contributed by atoms with Crippen LogP contribution in [0.25, 0.3) is 0 Å². The fourth-order valence-corrected chi connectivity index (χ4v) is 1.69. The second kappa shape index (κ2) is 3.69. The molecule has 0 bridgehead atoms. The summed E-state index contributed by atoms with van der Waals surface area (Å²) in [6.45, 7) is 5.87. The van der Waals surface area contributed by atoms with Gasteiger partial charge < -0.3 is 4.90 Å². The number of alkyl halides is 1. The molecule has 2 nitrogen and oxygen atoms in total. The van der Waals surface area contributed by atoms with Gasteiger partial charge in [0, 0.05) is 25.7 Å². The van der Waals surface area contributed by atoms with Crippen molar-refractivity contribution < 1.29 is 0 Å². The Hall–Kier alpha value is 0.400. The van der Waals surface area contributed by atoms with Crippen LogP contribution in [0.5, 0.6) is 0 Å². The lowest BCUT2D eigenvalue weighted by Crippen LogP contribution is -2.49. The summed E-state index contributed by atoms with van der Waals surface area (Å²) in [6, 6.07) is 0.714. The van der Waals surface area contributed by atoms with Crippen LogP contribution < -0.4 is 0 Å². The minimum atomic E-state index is 0.714. The van der Waals surface area contributed by atoms with E-state index in [0.29, 0.717) is 6.04 Å². The molecule has 0 aromatic rings. The molecular formula is C7H15BrN2. The number of piperazine rings is 1. The number of hydrogen-bond donors (Lipinski definition) is 0. The van der Waals surface area contributed by atoms with Crippen LogP contribution in [0, 0.1) is 0 Å². The maximum atomic E-state index is 3.47. The van der Waals surface area contributed by atoms with Crippen LogP contribution in [-0.2, 0) is 0 Å². The van der Waals surface area contributed by atoms with E-state index in [1.165, 1.54) is 19.6 Å². The van der Waals surface area contributed by atoms with Crippen LogP contribution >= 0.6 is 15.9 Å². The molecule has 1 heterocycles. The fourth-order valence-electron chi connectivity index (χ4n) is 1.23. The third-order valence-electron chi connectivity index (χ3n) is 2.21. The van der Waals surface area contributed by atoms with Crippen molar-refractivity contribution >= 4 is 15.9 Å². The summed E-state index contributed by atoms with van der Waals surface area (Å²) in [5.74, 6) is 0. The number of hydrogen-bond acceptors (Lipinski definition) is 2. The van der Waals surface area contributed by atoms with Crippen molar-refractivity contribution in [1.29, 1.82) is 0 Å². The molecule has 1 aliphatic rings. The van der Waals surface area contributed by atoms with Gasteiger partial charge in [-0.05, 0) is 14.0 Å². The van der Waals surface area contributed by atoms with E-state index in [4.69, 9.17) is 0 Å². The van der Waals surface area contributed by atoms with Gasteiger partial charge >= 0.3 is 0 Å². The Balaban J connectivity index is 2.33. The number of halogens is 1. The first-order chi connectivity index (χ1) is 4.74. The molecule has 0 unspecified atom stereocenters. The second-order valence-electron chi connectivity index (χ2n) is 3.03. The molecule has 0 aromatic heterocycles. The largest absolute Gasteiger partial charge is 0.301 e. The average molecular weight is 207 g/mol. The maximum absolute atomic E-state index is 3.47. The number of nitrogens with zero attached hydrogens (tertiary/aromatic N) is 2. The van der Waals surface area contributed by atoms with Crippen molar-refractivity contribution in [2.75, 3.05) is 32.1 Å². The summed E-state index contributed by atoms with van der Waals surface area (Å²) in [4.78, 5) is 4.82. The number of rotatable bonds is 1. The van der Waals surface area contributed by atoms with Gasteiger partial charge in [0.2, 0.25) is 0 Å². The lowest BCUT2D eigenvalue weighted by atomic mass is 10.2. The molecule has 0 spiro atoms. The van der Waals surface area contributed by atoms with Gasteiger partial charge in [-0.25, -0.2) is 0 Å². The zero-order chi connectivity index (χ0) is 7.56. The van der Waals surface area contributed by atoms with Gasteiger partial charge in [0.05, 0.1) is 5.45 Å². The van der Waals surface area contributed by atoms with Crippen molar-refractivity contribution in [2.24, 2.45) is 0 Å². The van der Waals surface area contributed by atoms with E-state index < -0.39 is 0 Å². The van der Waals surface area contributed by atoms with Crippen LogP contribution in [0.4, 0.5) is 0 Å². The summed E-state index contributed by atoms with van der Waals surface area (Å²) in [7, 11) is 2.19. The third-order valence-corrected chi connectivity index (χ3v) is 2.92. The van der Waals surface area contributed by atoms with Gasteiger partial charge in [0.25, 0.3) is 0 Å². The van der Waals surface area contributed by atoms with Crippen molar-refractivity contribution in [3.05, 3.63) is 0 Å². The predicted molar refractivity (Wildman–Crippen MR) is 47.5 cm³/mol. The van der Waals surface area contributed by atoms with Crippen LogP contribution in [0.3, 0.4) is 0 Å². The first-order valence-electron chi connectivity index (χ1n) is 3.72. The molecule has 0 saturated carbocycles. The quantitative estimate of drug-likeness (QED) is 0.467. The molecule has 0 aliphatic carbocycles. The van der Waals surface area contributed by atoms with Gasteiger partial charge in [-0.3, -0.25) is 4.90 Å². The summed E-state index contributed by atoms with van der Waals surface area (Å²) in [5, 5.41) is 0. The van der Waals surface area contributed by atoms with Gasteiger partial charge in [0.15, 0.2) is 0 Å². The van der Waals surface area contributed by atoms with Crippen molar-refractivity contribution in [3.63, 3.8) is 0 Å². The van der Waals surface area contributed by atoms with E-state index in [-0.39, 0.29) is 0 Å². The summed E-state index contributed by atoms with van der Waals surface area (Å²) < 4.78 is 0. The lowest BCUT2D eigenvalue weighted by molar-refractivity contribution is 0.122. The molecular weight excluding hydrogens is 192 g/mol. The minimum Gasteiger partial charge on any atom is -0.301 e. The van der Waals surface area contributed by atoms with E-state index in [1.807, 2.05) is 0 Å². The van der Waals surface area contributed by atoms with Gasteiger partial charge in [-0.1, -0.05) is 15.9 Å². The zero-order valence-electron chi connectivity index (χ0n) is 6.68. The molecule has 3 heteroatoms. The second-order valence-corrected chi connectivity index (χ2v) is 3.53.